The molecular weight excluding hydrogens is 258 g/mol. The third kappa shape index (κ3) is 3.10. The zero-order valence-electron chi connectivity index (χ0n) is 12.0. The Kier molecular flexibility index (Phi) is 4.27. The van der Waals surface area contributed by atoms with Crippen molar-refractivity contribution < 1.29 is 19.1 Å². The molecule has 20 heavy (non-hydrogen) atoms. The molecule has 1 fully saturated rings. The molecule has 0 heterocycles. The molecule has 1 N–H and O–H groups in total. The van der Waals surface area contributed by atoms with Crippen molar-refractivity contribution in [2.24, 2.45) is 5.92 Å². The molecule has 0 spiro atoms. The highest BCUT2D eigenvalue weighted by molar-refractivity contribution is 6.05. The molecule has 0 atom stereocenters. The predicted molar refractivity (Wildman–Crippen MR) is 75.5 cm³/mol. The summed E-state index contributed by atoms with van der Waals surface area (Å²) in [5, 5.41) is 2.80. The minimum Gasteiger partial charge on any atom is -0.493 e. The summed E-state index contributed by atoms with van der Waals surface area (Å²) in [5.41, 5.74) is 0.915. The standard InChI is InChI=1S/C15H19NO4/c1-4-20-14-7-11(9(2)17)12(8-13(14)19-3)16-15(18)10-5-6-10/h7-8,10H,4-6H2,1-3H3,(H,16,18). The highest BCUT2D eigenvalue weighted by Crippen LogP contribution is 2.36. The van der Waals surface area contributed by atoms with Crippen molar-refractivity contribution in [2.75, 3.05) is 19.0 Å². The van der Waals surface area contributed by atoms with E-state index in [1.54, 1.807) is 12.1 Å². The van der Waals surface area contributed by atoms with Gasteiger partial charge in [-0.2, -0.15) is 0 Å². The van der Waals surface area contributed by atoms with E-state index in [0.717, 1.165) is 12.8 Å². The van der Waals surface area contributed by atoms with Crippen LogP contribution in [-0.2, 0) is 4.79 Å². The lowest BCUT2D eigenvalue weighted by atomic mass is 10.1. The summed E-state index contributed by atoms with van der Waals surface area (Å²) >= 11 is 0. The minimum atomic E-state index is -0.125. The molecule has 0 saturated heterocycles. The van der Waals surface area contributed by atoms with Crippen molar-refractivity contribution in [3.63, 3.8) is 0 Å². The molecule has 0 aromatic heterocycles. The maximum Gasteiger partial charge on any atom is 0.227 e. The van der Waals surface area contributed by atoms with Gasteiger partial charge in [-0.25, -0.2) is 0 Å². The molecule has 0 unspecified atom stereocenters. The molecule has 1 aromatic carbocycles. The van der Waals surface area contributed by atoms with Gasteiger partial charge in [-0.15, -0.1) is 0 Å². The number of carbonyl (C=O) groups is 2. The molecule has 0 bridgehead atoms. The van der Waals surface area contributed by atoms with Crippen LogP contribution in [0.25, 0.3) is 0 Å². The SMILES string of the molecule is CCOc1cc(C(C)=O)c(NC(=O)C2CC2)cc1OC. The first-order chi connectivity index (χ1) is 9.56. The van der Waals surface area contributed by atoms with E-state index in [1.807, 2.05) is 6.92 Å². The highest BCUT2D eigenvalue weighted by atomic mass is 16.5. The van der Waals surface area contributed by atoms with E-state index in [0.29, 0.717) is 29.4 Å². The van der Waals surface area contributed by atoms with Gasteiger partial charge in [0.15, 0.2) is 17.3 Å². The molecule has 108 valence electrons. The molecule has 2 rings (SSSR count). The van der Waals surface area contributed by atoms with Crippen LogP contribution in [0, 0.1) is 5.92 Å². The van der Waals surface area contributed by atoms with Crippen LogP contribution >= 0.6 is 0 Å². The lowest BCUT2D eigenvalue weighted by Crippen LogP contribution is -2.16. The third-order valence-corrected chi connectivity index (χ3v) is 3.19. The topological polar surface area (TPSA) is 64.6 Å². The molecule has 5 nitrogen and oxygen atoms in total. The van der Waals surface area contributed by atoms with Gasteiger partial charge in [0.05, 0.1) is 19.4 Å². The predicted octanol–water partition coefficient (Wildman–Crippen LogP) is 2.65. The van der Waals surface area contributed by atoms with Gasteiger partial charge in [-0.05, 0) is 32.8 Å². The second-order valence-electron chi connectivity index (χ2n) is 4.80. The fourth-order valence-electron chi connectivity index (χ4n) is 1.96. The highest BCUT2D eigenvalue weighted by Gasteiger charge is 2.30. The van der Waals surface area contributed by atoms with Crippen LogP contribution in [0.3, 0.4) is 0 Å². The lowest BCUT2D eigenvalue weighted by Gasteiger charge is -2.15. The van der Waals surface area contributed by atoms with Gasteiger partial charge in [0.2, 0.25) is 5.91 Å². The van der Waals surface area contributed by atoms with E-state index in [-0.39, 0.29) is 17.6 Å². The first-order valence-corrected chi connectivity index (χ1v) is 6.73. The van der Waals surface area contributed by atoms with E-state index >= 15 is 0 Å². The minimum absolute atomic E-state index is 0.0429. The third-order valence-electron chi connectivity index (χ3n) is 3.19. The Bertz CT molecular complexity index is 535. The van der Waals surface area contributed by atoms with E-state index in [2.05, 4.69) is 5.32 Å². The van der Waals surface area contributed by atoms with Crippen molar-refractivity contribution in [3.05, 3.63) is 17.7 Å². The number of anilines is 1. The first-order valence-electron chi connectivity index (χ1n) is 6.73. The average Bonchev–Trinajstić information content (AvgIpc) is 3.24. The summed E-state index contributed by atoms with van der Waals surface area (Å²) in [6.07, 6.45) is 1.82. The van der Waals surface area contributed by atoms with Gasteiger partial charge in [-0.3, -0.25) is 9.59 Å². The van der Waals surface area contributed by atoms with Crippen molar-refractivity contribution in [1.82, 2.24) is 0 Å². The quantitative estimate of drug-likeness (QED) is 0.812. The molecule has 5 heteroatoms. The van der Waals surface area contributed by atoms with Crippen LogP contribution in [0.1, 0.15) is 37.0 Å². The van der Waals surface area contributed by atoms with Crippen molar-refractivity contribution in [1.29, 1.82) is 0 Å². The Morgan fingerprint density at radius 3 is 2.50 bits per heavy atom. The van der Waals surface area contributed by atoms with Crippen LogP contribution in [0.4, 0.5) is 5.69 Å². The number of amides is 1. The molecule has 1 aliphatic rings. The second kappa shape index (κ2) is 5.94. The summed E-state index contributed by atoms with van der Waals surface area (Å²) in [6.45, 7) is 3.79. The molecule has 1 aromatic rings. The summed E-state index contributed by atoms with van der Waals surface area (Å²) in [6, 6.07) is 3.26. The van der Waals surface area contributed by atoms with Crippen LogP contribution in [-0.4, -0.2) is 25.4 Å². The average molecular weight is 277 g/mol. The zero-order valence-corrected chi connectivity index (χ0v) is 12.0. The molecular formula is C15H19NO4. The fraction of sp³-hybridized carbons (Fsp3) is 0.467. The normalized spacial score (nSPS) is 13.8. The lowest BCUT2D eigenvalue weighted by molar-refractivity contribution is -0.117. The zero-order chi connectivity index (χ0) is 14.7. The molecule has 1 aliphatic carbocycles. The number of hydrogen-bond acceptors (Lipinski definition) is 4. The summed E-state index contributed by atoms with van der Waals surface area (Å²) in [4.78, 5) is 23.6. The van der Waals surface area contributed by atoms with Crippen molar-refractivity contribution >= 4 is 17.4 Å². The summed E-state index contributed by atoms with van der Waals surface area (Å²) < 4.78 is 10.7. The number of benzene rings is 1. The van der Waals surface area contributed by atoms with Gasteiger partial charge in [0, 0.05) is 17.5 Å². The largest absolute Gasteiger partial charge is 0.493 e. The number of Topliss-reactive ketones (excluding diaryl/α,β-unsaturated/α-hetero) is 1. The fourth-order valence-corrected chi connectivity index (χ4v) is 1.96. The Balaban J connectivity index is 2.36. The second-order valence-corrected chi connectivity index (χ2v) is 4.80. The van der Waals surface area contributed by atoms with Crippen molar-refractivity contribution in [3.8, 4) is 11.5 Å². The number of methoxy groups -OCH3 is 1. The number of ether oxygens (including phenoxy) is 2. The summed E-state index contributed by atoms with van der Waals surface area (Å²) in [7, 11) is 1.53. The van der Waals surface area contributed by atoms with Gasteiger partial charge in [-0.1, -0.05) is 0 Å². The van der Waals surface area contributed by atoms with Crippen LogP contribution in [0.5, 0.6) is 11.5 Å². The number of carbonyl (C=O) groups excluding carboxylic acids is 2. The smallest absolute Gasteiger partial charge is 0.227 e. The number of nitrogens with one attached hydrogen (secondary N) is 1. The monoisotopic (exact) mass is 277 g/mol. The first kappa shape index (κ1) is 14.4. The maximum atomic E-state index is 11.9. The Labute approximate surface area is 118 Å². The Hall–Kier alpha value is -2.04. The molecule has 0 radical (unpaired) electrons. The molecule has 1 amide bonds. The Morgan fingerprint density at radius 1 is 1.30 bits per heavy atom. The maximum absolute atomic E-state index is 11.9. The number of hydrogen-bond donors (Lipinski definition) is 1. The van der Waals surface area contributed by atoms with E-state index in [4.69, 9.17) is 9.47 Å². The van der Waals surface area contributed by atoms with Gasteiger partial charge >= 0.3 is 0 Å². The number of rotatable bonds is 6. The number of ketones is 1. The van der Waals surface area contributed by atoms with E-state index in [9.17, 15) is 9.59 Å². The van der Waals surface area contributed by atoms with Gasteiger partial charge in [0.25, 0.3) is 0 Å². The molecule has 0 aliphatic heterocycles. The van der Waals surface area contributed by atoms with Crippen molar-refractivity contribution in [2.45, 2.75) is 26.7 Å². The van der Waals surface area contributed by atoms with E-state index < -0.39 is 0 Å². The van der Waals surface area contributed by atoms with Crippen LogP contribution in [0.2, 0.25) is 0 Å². The van der Waals surface area contributed by atoms with E-state index in [1.165, 1.54) is 14.0 Å². The Morgan fingerprint density at radius 2 is 2.00 bits per heavy atom. The van der Waals surface area contributed by atoms with Crippen LogP contribution < -0.4 is 14.8 Å². The molecule has 1 saturated carbocycles. The summed E-state index contributed by atoms with van der Waals surface area (Å²) in [5.74, 6) is 0.915. The van der Waals surface area contributed by atoms with Gasteiger partial charge in [0.1, 0.15) is 0 Å². The van der Waals surface area contributed by atoms with Gasteiger partial charge < -0.3 is 14.8 Å². The van der Waals surface area contributed by atoms with Crippen LogP contribution in [0.15, 0.2) is 12.1 Å².